The number of rotatable bonds is 5. The van der Waals surface area contributed by atoms with Crippen LogP contribution in [0.1, 0.15) is 5.56 Å². The van der Waals surface area contributed by atoms with E-state index < -0.39 is 17.2 Å². The fourth-order valence-electron chi connectivity index (χ4n) is 3.11. The largest absolute Gasteiger partial charge is 0.399 e. The normalized spacial score (nSPS) is 13.7. The van der Waals surface area contributed by atoms with Gasteiger partial charge in [0, 0.05) is 22.8 Å². The number of nitrogens with two attached hydrogens (primary N) is 1. The van der Waals surface area contributed by atoms with Crippen LogP contribution in [0.25, 0.3) is 10.9 Å². The van der Waals surface area contributed by atoms with Gasteiger partial charge in [0.15, 0.2) is 11.6 Å². The molecule has 27 heavy (non-hydrogen) atoms. The van der Waals surface area contributed by atoms with E-state index in [1.807, 2.05) is 0 Å². The Morgan fingerprint density at radius 2 is 1.93 bits per heavy atom. The van der Waals surface area contributed by atoms with Gasteiger partial charge in [0.25, 0.3) is 0 Å². The third-order valence-corrected chi connectivity index (χ3v) is 4.34. The van der Waals surface area contributed by atoms with Crippen LogP contribution in [-0.2, 0) is 18.7 Å². The predicted molar refractivity (Wildman–Crippen MR) is 94.4 cm³/mol. The van der Waals surface area contributed by atoms with Crippen molar-refractivity contribution >= 4 is 16.6 Å². The van der Waals surface area contributed by atoms with Crippen molar-refractivity contribution in [1.29, 1.82) is 0 Å². The molecular formula is C18H16F2N6O. The summed E-state index contributed by atoms with van der Waals surface area (Å²) in [5.41, 5.74) is 5.04. The summed E-state index contributed by atoms with van der Waals surface area (Å²) in [6.07, 6.45) is 4.38. The third kappa shape index (κ3) is 3.24. The second-order valence-corrected chi connectivity index (χ2v) is 6.37. The first-order valence-electron chi connectivity index (χ1n) is 8.17. The lowest BCUT2D eigenvalue weighted by atomic mass is 9.93. The smallest absolute Gasteiger partial charge is 0.165 e. The average Bonchev–Trinajstić information content (AvgIpc) is 3.25. The molecule has 0 aliphatic heterocycles. The molecule has 0 unspecified atom stereocenters. The Kier molecular flexibility index (Phi) is 4.08. The van der Waals surface area contributed by atoms with Gasteiger partial charge in [-0.2, -0.15) is 10.2 Å². The lowest BCUT2D eigenvalue weighted by molar-refractivity contribution is -0.00875. The Bertz CT molecular complexity index is 1090. The van der Waals surface area contributed by atoms with Gasteiger partial charge in [0.05, 0.1) is 18.6 Å². The summed E-state index contributed by atoms with van der Waals surface area (Å²) in [6, 6.07) is 8.91. The number of nitrogens with zero attached hydrogens (tertiary/aromatic N) is 5. The van der Waals surface area contributed by atoms with Crippen LogP contribution in [0, 0.1) is 11.6 Å². The molecule has 2 heterocycles. The quantitative estimate of drug-likeness (QED) is 0.525. The van der Waals surface area contributed by atoms with Crippen LogP contribution in [0.5, 0.6) is 0 Å². The molecule has 0 bridgehead atoms. The Labute approximate surface area is 152 Å². The molecule has 3 N–H and O–H groups in total. The summed E-state index contributed by atoms with van der Waals surface area (Å²) in [7, 11) is 0. The summed E-state index contributed by atoms with van der Waals surface area (Å²) in [5, 5.41) is 20.4. The monoisotopic (exact) mass is 370 g/mol. The molecule has 2 aromatic carbocycles. The lowest BCUT2D eigenvalue weighted by Gasteiger charge is -2.29. The molecule has 0 aliphatic carbocycles. The summed E-state index contributed by atoms with van der Waals surface area (Å²) in [5.74, 6) is -2.15. The maximum atomic E-state index is 14.5. The van der Waals surface area contributed by atoms with Crippen LogP contribution < -0.4 is 5.73 Å². The number of nitrogen functional groups attached to an aromatic ring is 1. The molecule has 7 nitrogen and oxygen atoms in total. The second kappa shape index (κ2) is 6.44. The number of halogens is 2. The van der Waals surface area contributed by atoms with Crippen molar-refractivity contribution in [3.05, 3.63) is 72.4 Å². The SMILES string of the molecule is Nc1ccc2nn(C[C@](O)(Cn3cncn3)c3cccc(F)c3F)cc2c1. The van der Waals surface area contributed by atoms with Gasteiger partial charge in [0.1, 0.15) is 18.3 Å². The van der Waals surface area contributed by atoms with Crippen LogP contribution in [0.4, 0.5) is 14.5 Å². The molecule has 9 heteroatoms. The Morgan fingerprint density at radius 1 is 1.11 bits per heavy atom. The summed E-state index contributed by atoms with van der Waals surface area (Å²) >= 11 is 0. The van der Waals surface area contributed by atoms with Gasteiger partial charge in [-0.1, -0.05) is 12.1 Å². The number of hydrogen-bond donors (Lipinski definition) is 2. The number of fused-ring (bicyclic) bond motifs is 1. The van der Waals surface area contributed by atoms with Crippen LogP contribution in [0.2, 0.25) is 0 Å². The highest BCUT2D eigenvalue weighted by molar-refractivity contribution is 5.81. The Morgan fingerprint density at radius 3 is 2.70 bits per heavy atom. The van der Waals surface area contributed by atoms with E-state index in [0.29, 0.717) is 11.2 Å². The molecule has 0 saturated heterocycles. The molecule has 2 aromatic heterocycles. The minimum atomic E-state index is -1.81. The van der Waals surface area contributed by atoms with Crippen LogP contribution in [-0.4, -0.2) is 29.7 Å². The van der Waals surface area contributed by atoms with E-state index in [1.165, 1.54) is 34.2 Å². The van der Waals surface area contributed by atoms with Crippen molar-refractivity contribution in [2.45, 2.75) is 18.7 Å². The molecule has 138 valence electrons. The van der Waals surface area contributed by atoms with E-state index in [4.69, 9.17) is 5.73 Å². The number of anilines is 1. The van der Waals surface area contributed by atoms with Crippen molar-refractivity contribution in [3.8, 4) is 0 Å². The zero-order valence-electron chi connectivity index (χ0n) is 14.1. The molecular weight excluding hydrogens is 354 g/mol. The first kappa shape index (κ1) is 17.1. The maximum Gasteiger partial charge on any atom is 0.165 e. The highest BCUT2D eigenvalue weighted by Crippen LogP contribution is 2.29. The standard InChI is InChI=1S/C18H16F2N6O/c19-15-3-1-2-14(17(15)20)18(27,9-26-11-22-10-23-26)8-25-7-12-6-13(21)4-5-16(12)24-25/h1-7,10-11,27H,8-9,21H2/t18-/m0/s1. The second-order valence-electron chi connectivity index (χ2n) is 6.37. The molecule has 4 aromatic rings. The molecule has 4 rings (SSSR count). The van der Waals surface area contributed by atoms with E-state index in [-0.39, 0.29) is 18.7 Å². The maximum absolute atomic E-state index is 14.5. The van der Waals surface area contributed by atoms with Crippen molar-refractivity contribution in [3.63, 3.8) is 0 Å². The first-order valence-corrected chi connectivity index (χ1v) is 8.17. The molecule has 0 amide bonds. The number of benzene rings is 2. The van der Waals surface area contributed by atoms with E-state index in [1.54, 1.807) is 24.4 Å². The van der Waals surface area contributed by atoms with E-state index in [0.717, 1.165) is 11.5 Å². The Balaban J connectivity index is 1.78. The summed E-state index contributed by atoms with van der Waals surface area (Å²) in [4.78, 5) is 3.83. The van der Waals surface area contributed by atoms with Gasteiger partial charge < -0.3 is 10.8 Å². The van der Waals surface area contributed by atoms with E-state index >= 15 is 0 Å². The number of hydrogen-bond acceptors (Lipinski definition) is 5. The average molecular weight is 370 g/mol. The van der Waals surface area contributed by atoms with Gasteiger partial charge in [-0.05, 0) is 24.3 Å². The zero-order valence-corrected chi connectivity index (χ0v) is 14.1. The molecule has 0 aliphatic rings. The van der Waals surface area contributed by atoms with Crippen LogP contribution in [0.3, 0.4) is 0 Å². The van der Waals surface area contributed by atoms with E-state index in [2.05, 4.69) is 15.2 Å². The van der Waals surface area contributed by atoms with Crippen molar-refractivity contribution in [2.75, 3.05) is 5.73 Å². The van der Waals surface area contributed by atoms with Gasteiger partial charge >= 0.3 is 0 Å². The van der Waals surface area contributed by atoms with Crippen molar-refractivity contribution in [2.24, 2.45) is 0 Å². The molecule has 0 fully saturated rings. The first-order chi connectivity index (χ1) is 12.9. The minimum absolute atomic E-state index is 0.123. The van der Waals surface area contributed by atoms with Gasteiger partial charge in [-0.3, -0.25) is 4.68 Å². The molecule has 1 atom stereocenters. The van der Waals surface area contributed by atoms with Crippen molar-refractivity contribution < 1.29 is 13.9 Å². The third-order valence-electron chi connectivity index (χ3n) is 4.34. The molecule has 0 radical (unpaired) electrons. The highest BCUT2D eigenvalue weighted by Gasteiger charge is 2.35. The van der Waals surface area contributed by atoms with Crippen LogP contribution >= 0.6 is 0 Å². The lowest BCUT2D eigenvalue weighted by Crippen LogP contribution is -2.37. The van der Waals surface area contributed by atoms with Gasteiger partial charge in [-0.25, -0.2) is 18.4 Å². The van der Waals surface area contributed by atoms with E-state index in [9.17, 15) is 13.9 Å². The predicted octanol–water partition coefficient (Wildman–Crippen LogP) is 2.08. The van der Waals surface area contributed by atoms with Crippen molar-refractivity contribution in [1.82, 2.24) is 24.5 Å². The van der Waals surface area contributed by atoms with Gasteiger partial charge in [0.2, 0.25) is 0 Å². The number of aliphatic hydroxyl groups is 1. The fourth-order valence-corrected chi connectivity index (χ4v) is 3.11. The van der Waals surface area contributed by atoms with Gasteiger partial charge in [-0.15, -0.1) is 0 Å². The summed E-state index contributed by atoms with van der Waals surface area (Å²) < 4.78 is 31.1. The zero-order chi connectivity index (χ0) is 19.0. The summed E-state index contributed by atoms with van der Waals surface area (Å²) in [6.45, 7) is -0.256. The van der Waals surface area contributed by atoms with Crippen LogP contribution in [0.15, 0.2) is 55.2 Å². The fraction of sp³-hybridized carbons (Fsp3) is 0.167. The highest BCUT2D eigenvalue weighted by atomic mass is 19.2. The number of aromatic nitrogens is 5. The Hall–Kier alpha value is -3.33. The molecule has 0 spiro atoms. The minimum Gasteiger partial charge on any atom is -0.399 e. The topological polar surface area (TPSA) is 94.8 Å². The molecule has 0 saturated carbocycles.